The van der Waals surface area contributed by atoms with Gasteiger partial charge < -0.3 is 14.7 Å². The number of cyclic esters (lactones) is 1. The van der Waals surface area contributed by atoms with Crippen molar-refractivity contribution in [2.75, 3.05) is 6.54 Å². The smallest absolute Gasteiger partial charge is 0.410 e. The number of aliphatic hydroxyl groups is 1. The lowest BCUT2D eigenvalue weighted by atomic mass is 9.77. The molecule has 2 aromatic heterocycles. The van der Waals surface area contributed by atoms with E-state index >= 15 is 0 Å². The number of benzene rings is 1. The van der Waals surface area contributed by atoms with Crippen molar-refractivity contribution in [3.63, 3.8) is 0 Å². The van der Waals surface area contributed by atoms with E-state index in [0.29, 0.717) is 19.4 Å². The van der Waals surface area contributed by atoms with Crippen LogP contribution in [0.15, 0.2) is 42.6 Å². The maximum atomic E-state index is 13.0. The van der Waals surface area contributed by atoms with Crippen molar-refractivity contribution in [1.29, 1.82) is 0 Å². The number of ether oxygens (including phenoxy) is 1. The Bertz CT molecular complexity index is 1150. The number of nitrogens with zero attached hydrogens (tertiary/aromatic N) is 4. The largest absolute Gasteiger partial charge is 0.442 e. The minimum atomic E-state index is -0.901. The van der Waals surface area contributed by atoms with Crippen molar-refractivity contribution < 1.29 is 14.6 Å². The third-order valence-corrected chi connectivity index (χ3v) is 6.72. The predicted octanol–water partition coefficient (Wildman–Crippen LogP) is 5.16. The molecule has 33 heavy (non-hydrogen) atoms. The Kier molecular flexibility index (Phi) is 5.95. The highest BCUT2D eigenvalue weighted by Gasteiger charge is 2.47. The fourth-order valence-electron chi connectivity index (χ4n) is 4.80. The van der Waals surface area contributed by atoms with Gasteiger partial charge in [0.1, 0.15) is 11.4 Å². The highest BCUT2D eigenvalue weighted by atomic mass is 16.6. The van der Waals surface area contributed by atoms with Gasteiger partial charge in [-0.25, -0.2) is 14.3 Å². The van der Waals surface area contributed by atoms with Gasteiger partial charge in [-0.05, 0) is 56.9 Å². The lowest BCUT2D eigenvalue weighted by molar-refractivity contribution is -0.119. The van der Waals surface area contributed by atoms with Crippen molar-refractivity contribution in [1.82, 2.24) is 19.5 Å². The number of fused-ring (bicyclic) bond motifs is 1. The summed E-state index contributed by atoms with van der Waals surface area (Å²) >= 11 is 0. The third kappa shape index (κ3) is 4.74. The highest BCUT2D eigenvalue weighted by Crippen LogP contribution is 2.40. The maximum Gasteiger partial charge on any atom is 0.410 e. The van der Waals surface area contributed by atoms with Gasteiger partial charge in [0.05, 0.1) is 11.6 Å². The number of carbonyl (C=O) groups excluding carboxylic acids is 1. The Morgan fingerprint density at radius 2 is 1.79 bits per heavy atom. The molecule has 1 aliphatic heterocycles. The van der Waals surface area contributed by atoms with Crippen molar-refractivity contribution in [2.45, 2.75) is 71.6 Å². The molecule has 3 heterocycles. The second kappa shape index (κ2) is 8.45. The van der Waals surface area contributed by atoms with E-state index in [1.54, 1.807) is 23.3 Å². The number of carbonyl (C=O) groups is 1. The molecule has 0 saturated carbocycles. The first-order valence-electron chi connectivity index (χ1n) is 11.6. The van der Waals surface area contributed by atoms with Gasteiger partial charge in [0.15, 0.2) is 5.65 Å². The van der Waals surface area contributed by atoms with Crippen molar-refractivity contribution >= 4 is 11.7 Å². The zero-order chi connectivity index (χ0) is 24.0. The average Bonchev–Trinajstić information content (AvgIpc) is 3.11. The summed E-state index contributed by atoms with van der Waals surface area (Å²) in [4.78, 5) is 19.2. The summed E-state index contributed by atoms with van der Waals surface area (Å²) in [5.74, 6) is 0.865. The molecule has 1 aromatic carbocycles. The lowest BCUT2D eigenvalue weighted by Crippen LogP contribution is -2.55. The van der Waals surface area contributed by atoms with Gasteiger partial charge in [-0.3, -0.25) is 0 Å². The quantitative estimate of drug-likeness (QED) is 0.561. The van der Waals surface area contributed by atoms with E-state index in [0.717, 1.165) is 28.2 Å². The van der Waals surface area contributed by atoms with Gasteiger partial charge in [0, 0.05) is 31.1 Å². The number of hydrogen-bond acceptors (Lipinski definition) is 5. The van der Waals surface area contributed by atoms with Crippen LogP contribution in [-0.4, -0.2) is 48.4 Å². The molecular formula is C26H34N4O3. The van der Waals surface area contributed by atoms with E-state index < -0.39 is 11.2 Å². The normalized spacial score (nSPS) is 20.4. The van der Waals surface area contributed by atoms with Gasteiger partial charge >= 0.3 is 6.09 Å². The van der Waals surface area contributed by atoms with E-state index in [1.165, 1.54) is 0 Å². The predicted molar refractivity (Wildman–Crippen MR) is 128 cm³/mol. The summed E-state index contributed by atoms with van der Waals surface area (Å²) in [5, 5.41) is 14.8. The zero-order valence-corrected chi connectivity index (χ0v) is 20.4. The van der Waals surface area contributed by atoms with Gasteiger partial charge in [-0.2, -0.15) is 5.10 Å². The summed E-state index contributed by atoms with van der Waals surface area (Å²) < 4.78 is 7.81. The number of hydrogen-bond donors (Lipinski definition) is 1. The maximum absolute atomic E-state index is 13.0. The first-order chi connectivity index (χ1) is 15.5. The zero-order valence-electron chi connectivity index (χ0n) is 20.4. The van der Waals surface area contributed by atoms with Crippen LogP contribution in [0.5, 0.6) is 0 Å². The van der Waals surface area contributed by atoms with E-state index in [1.807, 2.05) is 32.2 Å². The van der Waals surface area contributed by atoms with Gasteiger partial charge in [0.2, 0.25) is 0 Å². The molecular weight excluding hydrogens is 416 g/mol. The van der Waals surface area contributed by atoms with Crippen LogP contribution in [0.3, 0.4) is 0 Å². The Morgan fingerprint density at radius 3 is 2.39 bits per heavy atom. The molecule has 7 nitrogen and oxygen atoms in total. The van der Waals surface area contributed by atoms with Crippen LogP contribution in [0.1, 0.15) is 64.9 Å². The molecule has 2 atom stereocenters. The Labute approximate surface area is 195 Å². The van der Waals surface area contributed by atoms with Crippen LogP contribution in [0, 0.1) is 12.8 Å². The van der Waals surface area contributed by atoms with E-state index in [-0.39, 0.29) is 18.1 Å². The Morgan fingerprint density at radius 1 is 1.12 bits per heavy atom. The molecule has 1 unspecified atom stereocenters. The monoisotopic (exact) mass is 450 g/mol. The first kappa shape index (κ1) is 23.2. The number of aryl methyl sites for hydroxylation is 1. The standard InChI is InChI=1S/C26H34N4O3/c1-17(2)26(16-25(5,6)32)13-14-29(24(31)33-26)18(3)20-7-9-21(10-8-20)22-11-12-23-27-19(4)28-30(23)15-22/h7-12,15,17-18,32H,13-14,16H2,1-6H3/t18-,26?/m0/s1. The third-order valence-electron chi connectivity index (χ3n) is 6.72. The number of rotatable bonds is 6. The fourth-order valence-corrected chi connectivity index (χ4v) is 4.80. The lowest BCUT2D eigenvalue weighted by Gasteiger charge is -2.47. The van der Waals surface area contributed by atoms with Crippen LogP contribution in [0.4, 0.5) is 4.79 Å². The molecule has 1 fully saturated rings. The second-order valence-electron chi connectivity index (χ2n) is 10.2. The minimum absolute atomic E-state index is 0.112. The van der Waals surface area contributed by atoms with Crippen LogP contribution in [0.25, 0.3) is 16.8 Å². The number of pyridine rings is 1. The van der Waals surface area contributed by atoms with Gasteiger partial charge in [0.25, 0.3) is 0 Å². The van der Waals surface area contributed by atoms with Gasteiger partial charge in [-0.1, -0.05) is 38.1 Å². The van der Waals surface area contributed by atoms with Crippen LogP contribution >= 0.6 is 0 Å². The van der Waals surface area contributed by atoms with E-state index in [9.17, 15) is 9.90 Å². The SMILES string of the molecule is Cc1nc2ccc(-c3ccc([C@H](C)N4CCC(CC(C)(C)O)(C(C)C)OC4=O)cc3)cn2n1. The second-order valence-corrected chi connectivity index (χ2v) is 10.2. The van der Waals surface area contributed by atoms with E-state index in [4.69, 9.17) is 4.74 Å². The number of amides is 1. The fraction of sp³-hybridized carbons (Fsp3) is 0.500. The molecule has 0 radical (unpaired) electrons. The minimum Gasteiger partial charge on any atom is -0.442 e. The summed E-state index contributed by atoms with van der Waals surface area (Å²) in [7, 11) is 0. The van der Waals surface area contributed by atoms with Crippen LogP contribution < -0.4 is 0 Å². The highest BCUT2D eigenvalue weighted by molar-refractivity contribution is 5.70. The first-order valence-corrected chi connectivity index (χ1v) is 11.6. The molecule has 0 bridgehead atoms. The molecule has 1 saturated heterocycles. The molecule has 3 aromatic rings. The Hall–Kier alpha value is -2.93. The summed E-state index contributed by atoms with van der Waals surface area (Å²) in [6, 6.07) is 12.1. The molecule has 1 N–H and O–H groups in total. The molecule has 0 aliphatic carbocycles. The Balaban J connectivity index is 1.50. The summed E-state index contributed by atoms with van der Waals surface area (Å²) in [6.07, 6.45) is 2.78. The summed E-state index contributed by atoms with van der Waals surface area (Å²) in [5.41, 5.74) is 2.46. The topological polar surface area (TPSA) is 80.0 Å². The van der Waals surface area contributed by atoms with Crippen molar-refractivity contribution in [3.05, 3.63) is 54.0 Å². The van der Waals surface area contributed by atoms with E-state index in [2.05, 4.69) is 48.2 Å². The van der Waals surface area contributed by atoms with Crippen molar-refractivity contribution in [2.24, 2.45) is 5.92 Å². The van der Waals surface area contributed by atoms with Crippen LogP contribution in [-0.2, 0) is 4.74 Å². The summed E-state index contributed by atoms with van der Waals surface area (Å²) in [6.45, 7) is 12.1. The average molecular weight is 451 g/mol. The number of aromatic nitrogens is 3. The molecule has 0 spiro atoms. The molecule has 1 aliphatic rings. The van der Waals surface area contributed by atoms with Gasteiger partial charge in [-0.15, -0.1) is 0 Å². The molecule has 1 amide bonds. The molecule has 4 rings (SSSR count). The van der Waals surface area contributed by atoms with Crippen LogP contribution in [0.2, 0.25) is 0 Å². The molecule has 176 valence electrons. The molecule has 7 heteroatoms. The van der Waals surface area contributed by atoms with Crippen molar-refractivity contribution in [3.8, 4) is 11.1 Å².